The van der Waals surface area contributed by atoms with Gasteiger partial charge >= 0.3 is 0 Å². The van der Waals surface area contributed by atoms with Crippen molar-refractivity contribution in [1.82, 2.24) is 14.9 Å². The van der Waals surface area contributed by atoms with Crippen LogP contribution in [0.25, 0.3) is 11.4 Å². The summed E-state index contributed by atoms with van der Waals surface area (Å²) in [5.74, 6) is 1.35. The van der Waals surface area contributed by atoms with E-state index in [1.165, 1.54) is 0 Å². The first-order valence-corrected chi connectivity index (χ1v) is 6.30. The molecule has 2 aromatic rings. The molecular weight excluding hydrogens is 254 g/mol. The van der Waals surface area contributed by atoms with Gasteiger partial charge in [0, 0.05) is 18.5 Å². The standard InChI is InChI=1S/C12H12ClN3O2/c1-2-16-12(13)8(6-17)11(14-16)9-5-10(18-15-9)7-3-4-7/h5-7H,2-4H2,1H3. The topological polar surface area (TPSA) is 60.9 Å². The van der Waals surface area contributed by atoms with Gasteiger partial charge in [0.1, 0.15) is 22.3 Å². The molecule has 18 heavy (non-hydrogen) atoms. The molecule has 0 amide bonds. The summed E-state index contributed by atoms with van der Waals surface area (Å²) in [6.45, 7) is 2.52. The van der Waals surface area contributed by atoms with Crippen molar-refractivity contribution in [2.75, 3.05) is 0 Å². The fourth-order valence-electron chi connectivity index (χ4n) is 1.92. The lowest BCUT2D eigenvalue weighted by Gasteiger charge is -1.94. The quantitative estimate of drug-likeness (QED) is 0.798. The van der Waals surface area contributed by atoms with Gasteiger partial charge in [0.25, 0.3) is 0 Å². The smallest absolute Gasteiger partial charge is 0.155 e. The van der Waals surface area contributed by atoms with Gasteiger partial charge in [0.15, 0.2) is 6.29 Å². The van der Waals surface area contributed by atoms with E-state index in [-0.39, 0.29) is 0 Å². The highest BCUT2D eigenvalue weighted by molar-refractivity contribution is 6.32. The zero-order valence-corrected chi connectivity index (χ0v) is 10.6. The number of halogens is 1. The molecule has 0 spiro atoms. The SMILES string of the molecule is CCn1nc(-c2cc(C3CC3)on2)c(C=O)c1Cl. The maximum Gasteiger partial charge on any atom is 0.155 e. The van der Waals surface area contributed by atoms with E-state index < -0.39 is 0 Å². The average Bonchev–Trinajstić information content (AvgIpc) is 3.02. The molecule has 2 aromatic heterocycles. The second kappa shape index (κ2) is 4.24. The summed E-state index contributed by atoms with van der Waals surface area (Å²) < 4.78 is 6.84. The molecule has 0 radical (unpaired) electrons. The van der Waals surface area contributed by atoms with Crippen LogP contribution < -0.4 is 0 Å². The molecule has 0 saturated heterocycles. The van der Waals surface area contributed by atoms with E-state index in [2.05, 4.69) is 10.3 Å². The average molecular weight is 266 g/mol. The van der Waals surface area contributed by atoms with E-state index in [1.807, 2.05) is 13.0 Å². The maximum atomic E-state index is 11.1. The molecule has 2 heterocycles. The Morgan fingerprint density at radius 1 is 1.61 bits per heavy atom. The summed E-state index contributed by atoms with van der Waals surface area (Å²) in [6.07, 6.45) is 2.99. The number of aldehydes is 1. The Hall–Kier alpha value is -1.62. The summed E-state index contributed by atoms with van der Waals surface area (Å²) in [7, 11) is 0. The van der Waals surface area contributed by atoms with Crippen LogP contribution in [0.2, 0.25) is 5.15 Å². The Balaban J connectivity index is 2.06. The second-order valence-corrected chi connectivity index (χ2v) is 4.73. The molecule has 1 fully saturated rings. The second-order valence-electron chi connectivity index (χ2n) is 4.38. The summed E-state index contributed by atoms with van der Waals surface area (Å²) in [5, 5.41) is 8.62. The minimum absolute atomic E-state index is 0.346. The van der Waals surface area contributed by atoms with Gasteiger partial charge in [-0.2, -0.15) is 5.10 Å². The van der Waals surface area contributed by atoms with Crippen LogP contribution in [0.1, 0.15) is 41.8 Å². The highest BCUT2D eigenvalue weighted by atomic mass is 35.5. The highest BCUT2D eigenvalue weighted by Gasteiger charge is 2.29. The van der Waals surface area contributed by atoms with Gasteiger partial charge in [-0.05, 0) is 19.8 Å². The highest BCUT2D eigenvalue weighted by Crippen LogP contribution is 2.41. The van der Waals surface area contributed by atoms with Gasteiger partial charge in [-0.25, -0.2) is 0 Å². The van der Waals surface area contributed by atoms with E-state index in [1.54, 1.807) is 4.68 Å². The first kappa shape index (κ1) is 11.5. The van der Waals surface area contributed by atoms with Crippen molar-refractivity contribution in [2.24, 2.45) is 0 Å². The molecule has 0 atom stereocenters. The van der Waals surface area contributed by atoms with E-state index in [0.717, 1.165) is 18.6 Å². The van der Waals surface area contributed by atoms with Crippen molar-refractivity contribution >= 4 is 17.9 Å². The zero-order valence-electron chi connectivity index (χ0n) is 9.89. The van der Waals surface area contributed by atoms with Crippen LogP contribution in [0.4, 0.5) is 0 Å². The number of nitrogens with zero attached hydrogens (tertiary/aromatic N) is 3. The van der Waals surface area contributed by atoms with Crippen LogP contribution in [-0.4, -0.2) is 21.2 Å². The van der Waals surface area contributed by atoms with E-state index in [9.17, 15) is 4.79 Å². The van der Waals surface area contributed by atoms with Crippen molar-refractivity contribution in [2.45, 2.75) is 32.2 Å². The molecule has 1 aliphatic carbocycles. The molecule has 5 nitrogen and oxygen atoms in total. The van der Waals surface area contributed by atoms with Crippen molar-refractivity contribution < 1.29 is 9.32 Å². The predicted octanol–water partition coefficient (Wildman–Crippen LogP) is 2.90. The van der Waals surface area contributed by atoms with E-state index in [4.69, 9.17) is 16.1 Å². The Morgan fingerprint density at radius 2 is 2.39 bits per heavy atom. The lowest BCUT2D eigenvalue weighted by atomic mass is 10.2. The normalized spacial score (nSPS) is 15.0. The molecule has 0 unspecified atom stereocenters. The molecule has 0 aliphatic heterocycles. The number of carbonyl (C=O) groups is 1. The third kappa shape index (κ3) is 1.75. The number of aromatic nitrogens is 3. The molecular formula is C12H12ClN3O2. The third-order valence-corrected chi connectivity index (χ3v) is 3.49. The lowest BCUT2D eigenvalue weighted by Crippen LogP contribution is -1.96. The molecule has 0 N–H and O–H groups in total. The van der Waals surface area contributed by atoms with E-state index >= 15 is 0 Å². The molecule has 0 aromatic carbocycles. The largest absolute Gasteiger partial charge is 0.360 e. The van der Waals surface area contributed by atoms with Gasteiger partial charge in [-0.3, -0.25) is 9.48 Å². The Kier molecular flexibility index (Phi) is 2.70. The Labute approximate surface area is 109 Å². The summed E-state index contributed by atoms with van der Waals surface area (Å²) in [6, 6.07) is 1.85. The maximum absolute atomic E-state index is 11.1. The summed E-state index contributed by atoms with van der Waals surface area (Å²) in [5.41, 5.74) is 1.44. The zero-order chi connectivity index (χ0) is 12.7. The molecule has 0 bridgehead atoms. The first-order valence-electron chi connectivity index (χ1n) is 5.93. The number of rotatable bonds is 4. The molecule has 3 rings (SSSR count). The van der Waals surface area contributed by atoms with Crippen LogP contribution in [0.3, 0.4) is 0 Å². The van der Waals surface area contributed by atoms with Crippen LogP contribution in [-0.2, 0) is 6.54 Å². The third-order valence-electron chi connectivity index (χ3n) is 3.09. The lowest BCUT2D eigenvalue weighted by molar-refractivity contribution is 0.112. The Morgan fingerprint density at radius 3 is 3.00 bits per heavy atom. The number of carbonyl (C=O) groups excluding carboxylic acids is 1. The minimum atomic E-state index is 0.346. The summed E-state index contributed by atoms with van der Waals surface area (Å²) >= 11 is 6.07. The van der Waals surface area contributed by atoms with Gasteiger partial charge < -0.3 is 4.52 Å². The van der Waals surface area contributed by atoms with Crippen LogP contribution in [0.5, 0.6) is 0 Å². The molecule has 1 aliphatic rings. The molecule has 6 heteroatoms. The molecule has 1 saturated carbocycles. The van der Waals surface area contributed by atoms with Crippen LogP contribution in [0, 0.1) is 0 Å². The van der Waals surface area contributed by atoms with Gasteiger partial charge in [0.2, 0.25) is 0 Å². The number of hydrogen-bond donors (Lipinski definition) is 0. The van der Waals surface area contributed by atoms with E-state index in [0.29, 0.717) is 40.9 Å². The van der Waals surface area contributed by atoms with Crippen LogP contribution >= 0.6 is 11.6 Å². The van der Waals surface area contributed by atoms with Crippen molar-refractivity contribution in [3.8, 4) is 11.4 Å². The monoisotopic (exact) mass is 265 g/mol. The van der Waals surface area contributed by atoms with Crippen LogP contribution in [0.15, 0.2) is 10.6 Å². The van der Waals surface area contributed by atoms with Crippen molar-refractivity contribution in [3.63, 3.8) is 0 Å². The van der Waals surface area contributed by atoms with Gasteiger partial charge in [0.05, 0.1) is 5.56 Å². The summed E-state index contributed by atoms with van der Waals surface area (Å²) in [4.78, 5) is 11.1. The van der Waals surface area contributed by atoms with Gasteiger partial charge in [-0.1, -0.05) is 16.8 Å². The minimum Gasteiger partial charge on any atom is -0.360 e. The van der Waals surface area contributed by atoms with Crippen molar-refractivity contribution in [3.05, 3.63) is 22.5 Å². The number of hydrogen-bond acceptors (Lipinski definition) is 4. The number of aryl methyl sites for hydroxylation is 1. The predicted molar refractivity (Wildman–Crippen MR) is 65.8 cm³/mol. The Bertz CT molecular complexity index is 598. The molecule has 94 valence electrons. The van der Waals surface area contributed by atoms with Gasteiger partial charge in [-0.15, -0.1) is 0 Å². The fraction of sp³-hybridized carbons (Fsp3) is 0.417. The fourth-order valence-corrected chi connectivity index (χ4v) is 2.21. The van der Waals surface area contributed by atoms with Crippen molar-refractivity contribution in [1.29, 1.82) is 0 Å². The first-order chi connectivity index (χ1) is 8.74.